The molecule has 0 radical (unpaired) electrons. The third kappa shape index (κ3) is 1.55. The van der Waals surface area contributed by atoms with Gasteiger partial charge in [-0.3, -0.25) is 0 Å². The van der Waals surface area contributed by atoms with Crippen LogP contribution in [-0.4, -0.2) is 4.98 Å². The van der Waals surface area contributed by atoms with Crippen molar-refractivity contribution < 1.29 is 0 Å². The summed E-state index contributed by atoms with van der Waals surface area (Å²) in [4.78, 5) is 5.67. The molecule has 0 saturated carbocycles. The molecule has 0 aliphatic heterocycles. The van der Waals surface area contributed by atoms with E-state index in [2.05, 4.69) is 34.4 Å². The van der Waals surface area contributed by atoms with E-state index in [1.54, 1.807) is 22.7 Å². The maximum absolute atomic E-state index is 4.42. The van der Waals surface area contributed by atoms with Crippen molar-refractivity contribution in [3.8, 4) is 9.88 Å². The fourth-order valence-electron chi connectivity index (χ4n) is 0.893. The number of nitrogens with zero attached hydrogens (tertiary/aromatic N) is 1. The van der Waals surface area contributed by atoms with Crippen LogP contribution in [0.2, 0.25) is 0 Å². The Bertz CT molecular complexity index is 350. The maximum Gasteiger partial charge on any atom is 0.133 e. The number of thiol groups is 1. The fourth-order valence-corrected chi connectivity index (χ4v) is 2.81. The van der Waals surface area contributed by atoms with Gasteiger partial charge in [0.25, 0.3) is 0 Å². The molecule has 2 aromatic heterocycles. The molecule has 2 aromatic rings. The van der Waals surface area contributed by atoms with Gasteiger partial charge in [0.05, 0.1) is 10.6 Å². The Morgan fingerprint density at radius 3 is 2.92 bits per heavy atom. The van der Waals surface area contributed by atoms with Gasteiger partial charge >= 0.3 is 0 Å². The first-order valence-corrected chi connectivity index (χ1v) is 5.88. The van der Waals surface area contributed by atoms with Gasteiger partial charge in [0.15, 0.2) is 0 Å². The van der Waals surface area contributed by atoms with Gasteiger partial charge in [-0.1, -0.05) is 6.07 Å². The molecular formula is C8H7NS3. The van der Waals surface area contributed by atoms with Crippen LogP contribution in [0, 0.1) is 0 Å². The molecule has 0 aliphatic carbocycles. The Balaban J connectivity index is 2.35. The van der Waals surface area contributed by atoms with Crippen LogP contribution in [0.25, 0.3) is 9.88 Å². The van der Waals surface area contributed by atoms with Gasteiger partial charge < -0.3 is 0 Å². The summed E-state index contributed by atoms with van der Waals surface area (Å²) in [5, 5.41) is 5.23. The number of hydrogen-bond acceptors (Lipinski definition) is 4. The van der Waals surface area contributed by atoms with E-state index in [0.29, 0.717) is 0 Å². The molecule has 0 bridgehead atoms. The Hall–Kier alpha value is -0.320. The van der Waals surface area contributed by atoms with Crippen molar-refractivity contribution in [1.82, 2.24) is 4.98 Å². The van der Waals surface area contributed by atoms with Gasteiger partial charge in [-0.2, -0.15) is 12.6 Å². The molecule has 0 atom stereocenters. The van der Waals surface area contributed by atoms with Gasteiger partial charge in [-0.25, -0.2) is 4.98 Å². The molecule has 12 heavy (non-hydrogen) atoms. The van der Waals surface area contributed by atoms with Crippen molar-refractivity contribution in [3.63, 3.8) is 0 Å². The smallest absolute Gasteiger partial charge is 0.133 e. The first kappa shape index (κ1) is 8.29. The van der Waals surface area contributed by atoms with Gasteiger partial charge in [-0.15, -0.1) is 22.7 Å². The molecule has 0 unspecified atom stereocenters. The minimum absolute atomic E-state index is 0.724. The van der Waals surface area contributed by atoms with Gasteiger partial charge in [0.1, 0.15) is 5.01 Å². The normalized spacial score (nSPS) is 10.4. The topological polar surface area (TPSA) is 12.9 Å². The summed E-state index contributed by atoms with van der Waals surface area (Å²) < 4.78 is 0. The van der Waals surface area contributed by atoms with Crippen LogP contribution in [0.15, 0.2) is 22.9 Å². The summed E-state index contributed by atoms with van der Waals surface area (Å²) in [6.07, 6.45) is 0. The highest BCUT2D eigenvalue weighted by atomic mass is 32.1. The molecule has 0 fully saturated rings. The Morgan fingerprint density at radius 1 is 1.42 bits per heavy atom. The van der Waals surface area contributed by atoms with Crippen molar-refractivity contribution >= 4 is 35.3 Å². The molecule has 0 saturated heterocycles. The summed E-state index contributed by atoms with van der Waals surface area (Å²) in [7, 11) is 0. The molecule has 2 rings (SSSR count). The minimum Gasteiger partial charge on any atom is -0.239 e. The van der Waals surface area contributed by atoms with Crippen molar-refractivity contribution in [2.75, 3.05) is 0 Å². The predicted molar refractivity (Wildman–Crippen MR) is 58.1 cm³/mol. The van der Waals surface area contributed by atoms with E-state index >= 15 is 0 Å². The second kappa shape index (κ2) is 3.60. The first-order chi connectivity index (χ1) is 5.90. The van der Waals surface area contributed by atoms with E-state index in [-0.39, 0.29) is 0 Å². The molecule has 0 amide bonds. The zero-order valence-electron chi connectivity index (χ0n) is 6.23. The van der Waals surface area contributed by atoms with Crippen LogP contribution in [0.1, 0.15) is 5.69 Å². The van der Waals surface area contributed by atoms with Crippen molar-refractivity contribution in [2.24, 2.45) is 0 Å². The molecule has 62 valence electrons. The summed E-state index contributed by atoms with van der Waals surface area (Å²) in [5.74, 6) is 0.724. The monoisotopic (exact) mass is 213 g/mol. The number of aromatic nitrogens is 1. The van der Waals surface area contributed by atoms with Crippen LogP contribution in [-0.2, 0) is 5.75 Å². The average Bonchev–Trinajstić information content (AvgIpc) is 2.75. The fraction of sp³-hybridized carbons (Fsp3) is 0.125. The highest BCUT2D eigenvalue weighted by molar-refractivity contribution is 7.79. The van der Waals surface area contributed by atoms with E-state index < -0.39 is 0 Å². The third-order valence-electron chi connectivity index (χ3n) is 1.45. The third-order valence-corrected chi connectivity index (χ3v) is 3.70. The van der Waals surface area contributed by atoms with Crippen molar-refractivity contribution in [2.45, 2.75) is 5.75 Å². The molecule has 0 aromatic carbocycles. The summed E-state index contributed by atoms with van der Waals surface area (Å²) in [5.41, 5.74) is 1.06. The van der Waals surface area contributed by atoms with E-state index in [9.17, 15) is 0 Å². The quantitative estimate of drug-likeness (QED) is 0.755. The highest BCUT2D eigenvalue weighted by Crippen LogP contribution is 2.27. The Morgan fingerprint density at radius 2 is 2.33 bits per heavy atom. The second-order valence-corrected chi connectivity index (χ2v) is 4.40. The molecule has 0 spiro atoms. The average molecular weight is 213 g/mol. The lowest BCUT2D eigenvalue weighted by Gasteiger charge is -1.86. The lowest BCUT2D eigenvalue weighted by Crippen LogP contribution is -1.75. The molecule has 2 heterocycles. The Kier molecular flexibility index (Phi) is 2.48. The summed E-state index contributed by atoms with van der Waals surface area (Å²) >= 11 is 7.57. The van der Waals surface area contributed by atoms with Crippen LogP contribution in [0.3, 0.4) is 0 Å². The van der Waals surface area contributed by atoms with Crippen molar-refractivity contribution in [3.05, 3.63) is 28.6 Å². The van der Waals surface area contributed by atoms with Crippen LogP contribution in [0.4, 0.5) is 0 Å². The number of hydrogen-bond donors (Lipinski definition) is 1. The van der Waals surface area contributed by atoms with Gasteiger partial charge in [0, 0.05) is 11.1 Å². The van der Waals surface area contributed by atoms with Gasteiger partial charge in [0.2, 0.25) is 0 Å². The summed E-state index contributed by atoms with van der Waals surface area (Å²) in [6, 6.07) is 4.13. The molecule has 1 nitrogen and oxygen atoms in total. The lowest BCUT2D eigenvalue weighted by molar-refractivity contribution is 1.25. The number of thiazole rings is 1. The zero-order valence-corrected chi connectivity index (χ0v) is 8.75. The minimum atomic E-state index is 0.724. The molecule has 4 heteroatoms. The second-order valence-electron chi connectivity index (χ2n) is 2.28. The van der Waals surface area contributed by atoms with Gasteiger partial charge in [-0.05, 0) is 11.4 Å². The van der Waals surface area contributed by atoms with Crippen LogP contribution < -0.4 is 0 Å². The lowest BCUT2D eigenvalue weighted by atomic mass is 10.5. The van der Waals surface area contributed by atoms with Crippen LogP contribution >= 0.6 is 35.3 Å². The highest BCUT2D eigenvalue weighted by Gasteiger charge is 2.03. The standard InChI is InChI=1S/C8H7NS3/c10-4-6-5-12-8(9-6)7-2-1-3-11-7/h1-3,5,10H,4H2. The van der Waals surface area contributed by atoms with Crippen LogP contribution in [0.5, 0.6) is 0 Å². The SMILES string of the molecule is SCc1csc(-c2cccs2)n1. The summed E-state index contributed by atoms with van der Waals surface area (Å²) in [6.45, 7) is 0. The van der Waals surface area contributed by atoms with E-state index in [4.69, 9.17) is 0 Å². The number of thiophene rings is 1. The van der Waals surface area contributed by atoms with E-state index in [0.717, 1.165) is 16.5 Å². The molecule has 0 N–H and O–H groups in total. The molecule has 0 aliphatic rings. The zero-order chi connectivity index (χ0) is 8.39. The maximum atomic E-state index is 4.42. The first-order valence-electron chi connectivity index (χ1n) is 3.49. The van der Waals surface area contributed by atoms with Crippen molar-refractivity contribution in [1.29, 1.82) is 0 Å². The van der Waals surface area contributed by atoms with E-state index in [1.165, 1.54) is 4.88 Å². The molecular weight excluding hydrogens is 206 g/mol. The Labute approximate surface area is 84.5 Å². The van der Waals surface area contributed by atoms with E-state index in [1.807, 2.05) is 6.07 Å². The predicted octanol–water partition coefficient (Wildman–Crippen LogP) is 3.30. The number of rotatable bonds is 2. The largest absolute Gasteiger partial charge is 0.239 e.